The van der Waals surface area contributed by atoms with E-state index in [0.717, 1.165) is 4.90 Å². The highest BCUT2D eigenvalue weighted by atomic mass is 19.4. The molecule has 0 aromatic heterocycles. The van der Waals surface area contributed by atoms with Crippen LogP contribution in [0.3, 0.4) is 0 Å². The van der Waals surface area contributed by atoms with Crippen molar-refractivity contribution < 1.29 is 33.2 Å². The molecule has 1 aromatic carbocycles. The fourth-order valence-electron chi connectivity index (χ4n) is 2.26. The first-order valence-electron chi connectivity index (χ1n) is 7.14. The molecule has 9 nitrogen and oxygen atoms in total. The summed E-state index contributed by atoms with van der Waals surface area (Å²) in [5, 5.41) is 39.8. The van der Waals surface area contributed by atoms with E-state index < -0.39 is 38.6 Å². The van der Waals surface area contributed by atoms with Gasteiger partial charge in [0.25, 0.3) is 11.4 Å². The summed E-state index contributed by atoms with van der Waals surface area (Å²) in [5.41, 5.74) is -4.43. The number of alkyl halides is 3. The molecule has 0 fully saturated rings. The van der Waals surface area contributed by atoms with E-state index in [2.05, 4.69) is 0 Å². The van der Waals surface area contributed by atoms with Gasteiger partial charge in [0.15, 0.2) is 0 Å². The Morgan fingerprint density at radius 1 is 1.00 bits per heavy atom. The highest BCUT2D eigenvalue weighted by Gasteiger charge is 2.41. The molecule has 0 aliphatic rings. The Bertz CT molecular complexity index is 630. The van der Waals surface area contributed by atoms with E-state index in [-0.39, 0.29) is 45.2 Å². The molecule has 0 bridgehead atoms. The predicted molar refractivity (Wildman–Crippen MR) is 80.4 cm³/mol. The second-order valence-corrected chi connectivity index (χ2v) is 5.01. The predicted octanol–water partition coefficient (Wildman–Crippen LogP) is 2.09. The summed E-state index contributed by atoms with van der Waals surface area (Å²) in [4.78, 5) is 20.8. The Kier molecular flexibility index (Phi) is 7.06. The van der Waals surface area contributed by atoms with Gasteiger partial charge in [-0.15, -0.1) is 0 Å². The summed E-state index contributed by atoms with van der Waals surface area (Å²) in [6.45, 7) is -1.04. The lowest BCUT2D eigenvalue weighted by atomic mass is 10.1. The molecular weight excluding hydrogens is 351 g/mol. The Morgan fingerprint density at radius 3 is 1.88 bits per heavy atom. The van der Waals surface area contributed by atoms with Crippen molar-refractivity contribution in [1.82, 2.24) is 0 Å². The molecule has 0 radical (unpaired) electrons. The summed E-state index contributed by atoms with van der Waals surface area (Å²) in [7, 11) is 0. The topological polar surface area (TPSA) is 130 Å². The van der Waals surface area contributed by atoms with Crippen LogP contribution in [0.1, 0.15) is 18.4 Å². The fraction of sp³-hybridized carbons (Fsp3) is 0.538. The third kappa shape index (κ3) is 5.26. The van der Waals surface area contributed by atoms with Crippen molar-refractivity contribution in [3.63, 3.8) is 0 Å². The number of rotatable bonds is 9. The fourth-order valence-corrected chi connectivity index (χ4v) is 2.26. The molecule has 1 rings (SSSR count). The molecule has 0 atom stereocenters. The molecule has 0 saturated carbocycles. The SMILES string of the molecule is O=[N+]([O-])c1cc([N+](=O)[O-])c(N(CCCO)CCCO)c(C(F)(F)F)c1. The number of aliphatic hydroxyl groups excluding tert-OH is 2. The summed E-state index contributed by atoms with van der Waals surface area (Å²) in [6.07, 6.45) is -5.02. The largest absolute Gasteiger partial charge is 0.418 e. The summed E-state index contributed by atoms with van der Waals surface area (Å²) in [6, 6.07) is 0.711. The second-order valence-electron chi connectivity index (χ2n) is 5.01. The molecule has 0 aliphatic carbocycles. The smallest absolute Gasteiger partial charge is 0.396 e. The van der Waals surface area contributed by atoms with Crippen LogP contribution in [-0.4, -0.2) is 46.4 Å². The van der Waals surface area contributed by atoms with Crippen LogP contribution >= 0.6 is 0 Å². The molecule has 0 unspecified atom stereocenters. The number of anilines is 1. The van der Waals surface area contributed by atoms with Crippen molar-refractivity contribution >= 4 is 17.1 Å². The lowest BCUT2D eigenvalue weighted by Gasteiger charge is -2.27. The van der Waals surface area contributed by atoms with Gasteiger partial charge in [0, 0.05) is 32.4 Å². The first kappa shape index (κ1) is 20.6. The van der Waals surface area contributed by atoms with E-state index in [1.54, 1.807) is 0 Å². The number of nitro groups is 2. The number of benzene rings is 1. The average Bonchev–Trinajstić information content (AvgIpc) is 2.53. The van der Waals surface area contributed by atoms with Crippen molar-refractivity contribution in [2.75, 3.05) is 31.2 Å². The zero-order valence-corrected chi connectivity index (χ0v) is 12.9. The first-order valence-corrected chi connectivity index (χ1v) is 7.14. The number of hydrogen-bond acceptors (Lipinski definition) is 7. The highest BCUT2D eigenvalue weighted by molar-refractivity contribution is 5.72. The zero-order valence-electron chi connectivity index (χ0n) is 12.9. The van der Waals surface area contributed by atoms with Crippen LogP contribution in [0, 0.1) is 20.2 Å². The molecule has 25 heavy (non-hydrogen) atoms. The summed E-state index contributed by atoms with van der Waals surface area (Å²) < 4.78 is 40.1. The van der Waals surface area contributed by atoms with E-state index in [1.807, 2.05) is 0 Å². The van der Waals surface area contributed by atoms with Gasteiger partial charge < -0.3 is 15.1 Å². The van der Waals surface area contributed by atoms with Gasteiger partial charge in [0.05, 0.1) is 21.5 Å². The van der Waals surface area contributed by atoms with Gasteiger partial charge in [0.1, 0.15) is 5.69 Å². The number of halogens is 3. The number of nitro benzene ring substituents is 2. The first-order chi connectivity index (χ1) is 11.6. The number of nitrogens with zero attached hydrogens (tertiary/aromatic N) is 3. The number of aliphatic hydroxyl groups is 2. The van der Waals surface area contributed by atoms with Gasteiger partial charge in [-0.1, -0.05) is 0 Å². The van der Waals surface area contributed by atoms with Gasteiger partial charge in [-0.3, -0.25) is 20.2 Å². The zero-order chi connectivity index (χ0) is 19.2. The van der Waals surface area contributed by atoms with Crippen molar-refractivity contribution in [1.29, 1.82) is 0 Å². The van der Waals surface area contributed by atoms with Crippen LogP contribution in [0.15, 0.2) is 12.1 Å². The van der Waals surface area contributed by atoms with E-state index >= 15 is 0 Å². The second kappa shape index (κ2) is 8.58. The number of hydrogen-bond donors (Lipinski definition) is 2. The average molecular weight is 367 g/mol. The maximum absolute atomic E-state index is 13.4. The van der Waals surface area contributed by atoms with Crippen LogP contribution < -0.4 is 4.90 Å². The monoisotopic (exact) mass is 367 g/mol. The standard InChI is InChI=1S/C13H16F3N3O6/c14-13(15,16)10-7-9(18(22)23)8-11(19(24)25)12(10)17(3-1-5-20)4-2-6-21/h7-8,20-21H,1-6H2. The molecule has 1 aromatic rings. The van der Waals surface area contributed by atoms with Crippen LogP contribution in [0.25, 0.3) is 0 Å². The summed E-state index contributed by atoms with van der Waals surface area (Å²) in [5.74, 6) is 0. The van der Waals surface area contributed by atoms with Crippen molar-refractivity contribution in [3.05, 3.63) is 37.9 Å². The van der Waals surface area contributed by atoms with E-state index in [0.29, 0.717) is 6.07 Å². The minimum Gasteiger partial charge on any atom is -0.396 e. The van der Waals surface area contributed by atoms with Crippen LogP contribution in [0.5, 0.6) is 0 Å². The van der Waals surface area contributed by atoms with Gasteiger partial charge in [-0.25, -0.2) is 0 Å². The van der Waals surface area contributed by atoms with Gasteiger partial charge in [-0.2, -0.15) is 13.2 Å². The minimum absolute atomic E-state index is 0.0247. The van der Waals surface area contributed by atoms with Crippen molar-refractivity contribution in [2.24, 2.45) is 0 Å². The molecular formula is C13H16F3N3O6. The number of non-ortho nitro benzene ring substituents is 1. The molecule has 0 saturated heterocycles. The molecule has 0 aliphatic heterocycles. The Morgan fingerprint density at radius 2 is 1.52 bits per heavy atom. The Labute approximate surface area is 139 Å². The normalized spacial score (nSPS) is 11.4. The van der Waals surface area contributed by atoms with E-state index in [9.17, 15) is 33.4 Å². The lowest BCUT2D eigenvalue weighted by molar-refractivity contribution is -0.394. The molecule has 12 heteroatoms. The maximum atomic E-state index is 13.4. The van der Waals surface area contributed by atoms with Crippen molar-refractivity contribution in [3.8, 4) is 0 Å². The van der Waals surface area contributed by atoms with Gasteiger partial charge >= 0.3 is 6.18 Å². The van der Waals surface area contributed by atoms with Gasteiger partial charge in [0.2, 0.25) is 0 Å². The van der Waals surface area contributed by atoms with Gasteiger partial charge in [-0.05, 0) is 12.8 Å². The molecule has 140 valence electrons. The van der Waals surface area contributed by atoms with Crippen LogP contribution in [0.4, 0.5) is 30.2 Å². The maximum Gasteiger partial charge on any atom is 0.418 e. The van der Waals surface area contributed by atoms with Crippen LogP contribution in [0.2, 0.25) is 0 Å². The quantitative estimate of drug-likeness (QED) is 0.505. The third-order valence-corrected chi connectivity index (χ3v) is 3.28. The minimum atomic E-state index is -5.07. The molecule has 0 spiro atoms. The molecule has 0 heterocycles. The van der Waals surface area contributed by atoms with E-state index in [4.69, 9.17) is 10.2 Å². The molecule has 0 amide bonds. The van der Waals surface area contributed by atoms with Crippen LogP contribution in [-0.2, 0) is 6.18 Å². The van der Waals surface area contributed by atoms with Crippen molar-refractivity contribution in [2.45, 2.75) is 19.0 Å². The molecule has 2 N–H and O–H groups in total. The lowest BCUT2D eigenvalue weighted by Crippen LogP contribution is -2.30. The third-order valence-electron chi connectivity index (χ3n) is 3.28. The highest BCUT2D eigenvalue weighted by Crippen LogP contribution is 2.44. The van der Waals surface area contributed by atoms with E-state index in [1.165, 1.54) is 0 Å². The summed E-state index contributed by atoms with van der Waals surface area (Å²) >= 11 is 0. The Balaban J connectivity index is 3.65. The Hall–Kier alpha value is -2.47.